The maximum absolute atomic E-state index is 6.20. The van der Waals surface area contributed by atoms with Gasteiger partial charge in [0.2, 0.25) is 0 Å². The molecule has 1 N–H and O–H groups in total. The van der Waals surface area contributed by atoms with E-state index in [1.54, 1.807) is 7.11 Å². The second kappa shape index (κ2) is 8.59. The van der Waals surface area contributed by atoms with E-state index in [2.05, 4.69) is 29.3 Å². The van der Waals surface area contributed by atoms with E-state index in [4.69, 9.17) is 21.1 Å². The molecule has 0 bridgehead atoms. The molecule has 1 saturated heterocycles. The van der Waals surface area contributed by atoms with Gasteiger partial charge in [0.25, 0.3) is 0 Å². The molecule has 0 aromatic heterocycles. The summed E-state index contributed by atoms with van der Waals surface area (Å²) in [6.07, 6.45) is 1.30. The smallest absolute Gasteiger partial charge is 0.0721 e. The summed E-state index contributed by atoms with van der Waals surface area (Å²) in [6, 6.07) is 6.12. The third-order valence-corrected chi connectivity index (χ3v) is 3.87. The monoisotopic (exact) mass is 312 g/mol. The highest BCUT2D eigenvalue weighted by Gasteiger charge is 2.18. The van der Waals surface area contributed by atoms with Gasteiger partial charge in [0.1, 0.15) is 0 Å². The van der Waals surface area contributed by atoms with E-state index in [0.29, 0.717) is 0 Å². The third kappa shape index (κ3) is 5.15. The Hall–Kier alpha value is -0.810. The van der Waals surface area contributed by atoms with E-state index in [1.807, 2.05) is 6.07 Å². The SMILES string of the molecule is COCCNCc1ccc(Cl)cc1N1CCCOC(C)C1. The van der Waals surface area contributed by atoms with Crippen LogP contribution in [0, 0.1) is 0 Å². The lowest BCUT2D eigenvalue weighted by molar-refractivity contribution is 0.0821. The van der Waals surface area contributed by atoms with Gasteiger partial charge in [-0.3, -0.25) is 0 Å². The number of anilines is 1. The summed E-state index contributed by atoms with van der Waals surface area (Å²) in [7, 11) is 1.72. The zero-order valence-corrected chi connectivity index (χ0v) is 13.7. The highest BCUT2D eigenvalue weighted by Crippen LogP contribution is 2.26. The number of hydrogen-bond acceptors (Lipinski definition) is 4. The van der Waals surface area contributed by atoms with Crippen molar-refractivity contribution in [1.82, 2.24) is 5.32 Å². The zero-order valence-electron chi connectivity index (χ0n) is 12.9. The van der Waals surface area contributed by atoms with Crippen LogP contribution in [-0.2, 0) is 16.0 Å². The standard InChI is InChI=1S/C16H25ClN2O2/c1-13-12-19(7-3-8-21-13)16-10-15(17)5-4-14(16)11-18-6-9-20-2/h4-5,10,13,18H,3,6-9,11-12H2,1-2H3. The molecule has 1 aromatic carbocycles. The van der Waals surface area contributed by atoms with Crippen molar-refractivity contribution in [2.45, 2.75) is 26.0 Å². The summed E-state index contributed by atoms with van der Waals surface area (Å²) in [5, 5.41) is 4.18. The quantitative estimate of drug-likeness (QED) is 0.819. The molecule has 0 spiro atoms. The largest absolute Gasteiger partial charge is 0.383 e. The molecule has 21 heavy (non-hydrogen) atoms. The predicted octanol–water partition coefficient (Wildman–Crippen LogP) is 2.69. The molecule has 0 saturated carbocycles. The summed E-state index contributed by atoms with van der Waals surface area (Å²) < 4.78 is 10.8. The lowest BCUT2D eigenvalue weighted by Crippen LogP contribution is -2.31. The van der Waals surface area contributed by atoms with Crippen molar-refractivity contribution in [2.24, 2.45) is 0 Å². The maximum atomic E-state index is 6.20. The normalized spacial score (nSPS) is 19.6. The summed E-state index contributed by atoms with van der Waals surface area (Å²) >= 11 is 6.20. The summed E-state index contributed by atoms with van der Waals surface area (Å²) in [4.78, 5) is 2.39. The molecule has 1 aliphatic rings. The molecule has 118 valence electrons. The van der Waals surface area contributed by atoms with Gasteiger partial charge in [-0.25, -0.2) is 0 Å². The second-order valence-corrected chi connectivity index (χ2v) is 5.86. The van der Waals surface area contributed by atoms with Gasteiger partial charge in [0.15, 0.2) is 0 Å². The van der Waals surface area contributed by atoms with Crippen LogP contribution >= 0.6 is 11.6 Å². The van der Waals surface area contributed by atoms with E-state index < -0.39 is 0 Å². The molecule has 1 heterocycles. The molecule has 5 heteroatoms. The number of hydrogen-bond donors (Lipinski definition) is 1. The van der Waals surface area contributed by atoms with Crippen molar-refractivity contribution in [2.75, 3.05) is 44.9 Å². The van der Waals surface area contributed by atoms with Crippen molar-refractivity contribution >= 4 is 17.3 Å². The van der Waals surface area contributed by atoms with Crippen LogP contribution in [0.25, 0.3) is 0 Å². The van der Waals surface area contributed by atoms with Gasteiger partial charge >= 0.3 is 0 Å². The van der Waals surface area contributed by atoms with Crippen molar-refractivity contribution in [3.63, 3.8) is 0 Å². The molecule has 1 aliphatic heterocycles. The Bertz CT molecular complexity index is 442. The van der Waals surface area contributed by atoms with Gasteiger partial charge in [0, 0.05) is 50.6 Å². The number of nitrogens with zero attached hydrogens (tertiary/aromatic N) is 1. The Labute approximate surface area is 132 Å². The van der Waals surface area contributed by atoms with Crippen molar-refractivity contribution in [3.05, 3.63) is 28.8 Å². The Balaban J connectivity index is 2.09. The zero-order chi connectivity index (χ0) is 15.1. The Morgan fingerprint density at radius 2 is 2.33 bits per heavy atom. The average Bonchev–Trinajstić information content (AvgIpc) is 2.69. The van der Waals surface area contributed by atoms with Crippen molar-refractivity contribution < 1.29 is 9.47 Å². The van der Waals surface area contributed by atoms with E-state index in [1.165, 1.54) is 11.3 Å². The third-order valence-electron chi connectivity index (χ3n) is 3.64. The van der Waals surface area contributed by atoms with Crippen molar-refractivity contribution in [1.29, 1.82) is 0 Å². The molecule has 1 atom stereocenters. The number of nitrogens with one attached hydrogen (secondary N) is 1. The van der Waals surface area contributed by atoms with Crippen LogP contribution < -0.4 is 10.2 Å². The van der Waals surface area contributed by atoms with Crippen molar-refractivity contribution in [3.8, 4) is 0 Å². The number of ether oxygens (including phenoxy) is 2. The lowest BCUT2D eigenvalue weighted by Gasteiger charge is -2.27. The minimum absolute atomic E-state index is 0.251. The Morgan fingerprint density at radius 1 is 1.48 bits per heavy atom. The van der Waals surface area contributed by atoms with Gasteiger partial charge < -0.3 is 19.7 Å². The molecule has 0 radical (unpaired) electrons. The van der Waals surface area contributed by atoms with Gasteiger partial charge in [-0.2, -0.15) is 0 Å². The fourth-order valence-corrected chi connectivity index (χ4v) is 2.76. The van der Waals surface area contributed by atoms with Crippen LogP contribution in [0.3, 0.4) is 0 Å². The molecular formula is C16H25ClN2O2. The number of rotatable bonds is 6. The number of methoxy groups -OCH3 is 1. The molecule has 1 unspecified atom stereocenters. The summed E-state index contributed by atoms with van der Waals surface area (Å²) in [5.41, 5.74) is 2.48. The molecule has 2 rings (SSSR count). The van der Waals surface area contributed by atoms with Gasteiger partial charge in [-0.1, -0.05) is 17.7 Å². The van der Waals surface area contributed by atoms with Crippen LogP contribution in [0.15, 0.2) is 18.2 Å². The molecule has 1 aromatic rings. The van der Waals surface area contributed by atoms with Crippen LogP contribution in [0.4, 0.5) is 5.69 Å². The van der Waals surface area contributed by atoms with Gasteiger partial charge in [-0.15, -0.1) is 0 Å². The summed E-state index contributed by atoms with van der Waals surface area (Å²) in [6.45, 7) is 7.26. The fraction of sp³-hybridized carbons (Fsp3) is 0.625. The highest BCUT2D eigenvalue weighted by atomic mass is 35.5. The van der Waals surface area contributed by atoms with Crippen LogP contribution in [-0.4, -0.2) is 46.1 Å². The minimum atomic E-state index is 0.251. The average molecular weight is 313 g/mol. The number of benzene rings is 1. The predicted molar refractivity (Wildman–Crippen MR) is 87.3 cm³/mol. The van der Waals surface area contributed by atoms with Crippen LogP contribution in [0.5, 0.6) is 0 Å². The first kappa shape index (κ1) is 16.6. The van der Waals surface area contributed by atoms with Gasteiger partial charge in [0.05, 0.1) is 12.7 Å². The molecule has 0 aliphatic carbocycles. The van der Waals surface area contributed by atoms with Gasteiger partial charge in [-0.05, 0) is 31.0 Å². The molecular weight excluding hydrogens is 288 g/mol. The topological polar surface area (TPSA) is 33.7 Å². The number of halogens is 1. The fourth-order valence-electron chi connectivity index (χ4n) is 2.59. The maximum Gasteiger partial charge on any atom is 0.0721 e. The molecule has 1 fully saturated rings. The lowest BCUT2D eigenvalue weighted by atomic mass is 10.1. The first-order valence-electron chi connectivity index (χ1n) is 7.55. The van der Waals surface area contributed by atoms with E-state index >= 15 is 0 Å². The Morgan fingerprint density at radius 3 is 3.14 bits per heavy atom. The van der Waals surface area contributed by atoms with E-state index in [-0.39, 0.29) is 6.10 Å². The first-order chi connectivity index (χ1) is 10.2. The van der Waals surface area contributed by atoms with Crippen LogP contribution in [0.2, 0.25) is 5.02 Å². The Kier molecular flexibility index (Phi) is 6.77. The highest BCUT2D eigenvalue weighted by molar-refractivity contribution is 6.30. The van der Waals surface area contributed by atoms with E-state index in [9.17, 15) is 0 Å². The second-order valence-electron chi connectivity index (χ2n) is 5.42. The minimum Gasteiger partial charge on any atom is -0.383 e. The summed E-state index contributed by atoms with van der Waals surface area (Å²) in [5.74, 6) is 0. The molecule has 4 nitrogen and oxygen atoms in total. The van der Waals surface area contributed by atoms with Crippen LogP contribution in [0.1, 0.15) is 18.9 Å². The molecule has 0 amide bonds. The van der Waals surface area contributed by atoms with E-state index in [0.717, 1.165) is 50.8 Å². The first-order valence-corrected chi connectivity index (χ1v) is 7.93.